The van der Waals surface area contributed by atoms with E-state index in [9.17, 15) is 4.39 Å². The Bertz CT molecular complexity index is 748. The van der Waals surface area contributed by atoms with Gasteiger partial charge >= 0.3 is 0 Å². The molecule has 3 nitrogen and oxygen atoms in total. The van der Waals surface area contributed by atoms with Crippen molar-refractivity contribution in [2.24, 2.45) is 0 Å². The van der Waals surface area contributed by atoms with Gasteiger partial charge in [0.15, 0.2) is 5.65 Å². The van der Waals surface area contributed by atoms with E-state index in [-0.39, 0.29) is 5.82 Å². The number of halogens is 1. The van der Waals surface area contributed by atoms with Crippen molar-refractivity contribution in [3.63, 3.8) is 0 Å². The van der Waals surface area contributed by atoms with Gasteiger partial charge in [-0.3, -0.25) is 4.40 Å². The molecule has 0 amide bonds. The number of nitrogens with zero attached hydrogens (tertiary/aromatic N) is 3. The zero-order valence-corrected chi connectivity index (χ0v) is 9.34. The number of pyridine rings is 1. The second kappa shape index (κ2) is 4.30. The first kappa shape index (κ1) is 10.5. The number of hydrogen-bond donors (Lipinski definition) is 0. The largest absolute Gasteiger partial charge is 0.288 e. The van der Waals surface area contributed by atoms with Crippen LogP contribution < -0.4 is 0 Å². The highest BCUT2D eigenvalue weighted by molar-refractivity contribution is 5.57. The molecule has 86 valence electrons. The Hall–Kier alpha value is -2.67. The van der Waals surface area contributed by atoms with Gasteiger partial charge in [-0.1, -0.05) is 11.8 Å². The summed E-state index contributed by atoms with van der Waals surface area (Å²) in [6, 6.07) is 9.83. The third kappa shape index (κ3) is 1.94. The number of benzene rings is 1. The summed E-state index contributed by atoms with van der Waals surface area (Å²) in [5, 5.41) is 7.82. The molecule has 0 aliphatic carbocycles. The van der Waals surface area contributed by atoms with Crippen LogP contribution >= 0.6 is 0 Å². The third-order valence-electron chi connectivity index (χ3n) is 2.51. The van der Waals surface area contributed by atoms with E-state index in [1.54, 1.807) is 22.9 Å². The van der Waals surface area contributed by atoms with Crippen LogP contribution in [0.2, 0.25) is 0 Å². The van der Waals surface area contributed by atoms with Crippen molar-refractivity contribution < 1.29 is 4.39 Å². The Balaban J connectivity index is 2.02. The summed E-state index contributed by atoms with van der Waals surface area (Å²) >= 11 is 0. The summed E-state index contributed by atoms with van der Waals surface area (Å²) in [5.41, 5.74) is 2.27. The van der Waals surface area contributed by atoms with Gasteiger partial charge in [-0.2, -0.15) is 0 Å². The topological polar surface area (TPSA) is 30.2 Å². The summed E-state index contributed by atoms with van der Waals surface area (Å²) in [7, 11) is 0. The smallest absolute Gasteiger partial charge is 0.176 e. The molecule has 0 atom stereocenters. The summed E-state index contributed by atoms with van der Waals surface area (Å²) < 4.78 is 14.5. The molecule has 2 aromatic heterocycles. The molecule has 3 aromatic rings. The lowest BCUT2D eigenvalue weighted by Crippen LogP contribution is -1.86. The van der Waals surface area contributed by atoms with Crippen LogP contribution in [0.15, 0.2) is 48.9 Å². The molecule has 0 saturated carbocycles. The third-order valence-corrected chi connectivity index (χ3v) is 2.51. The van der Waals surface area contributed by atoms with Crippen molar-refractivity contribution in [2.75, 3.05) is 0 Å². The minimum absolute atomic E-state index is 0.264. The predicted molar refractivity (Wildman–Crippen MR) is 65.4 cm³/mol. The lowest BCUT2D eigenvalue weighted by molar-refractivity contribution is 0.627. The van der Waals surface area contributed by atoms with Gasteiger partial charge < -0.3 is 0 Å². The van der Waals surface area contributed by atoms with Crippen LogP contribution in [0.25, 0.3) is 5.65 Å². The molecule has 0 saturated heterocycles. The van der Waals surface area contributed by atoms with Crippen LogP contribution in [-0.2, 0) is 0 Å². The van der Waals surface area contributed by atoms with Crippen molar-refractivity contribution in [1.82, 2.24) is 14.6 Å². The number of fused-ring (bicyclic) bond motifs is 1. The Labute approximate surface area is 103 Å². The standard InChI is InChI=1S/C14H8FN3/c15-13-7-4-11(5-8-13)3-6-12-2-1-9-18-10-16-17-14(12)18/h1-2,4-5,7-10H. The minimum atomic E-state index is -0.264. The highest BCUT2D eigenvalue weighted by atomic mass is 19.1. The molecule has 0 spiro atoms. The highest BCUT2D eigenvalue weighted by Crippen LogP contribution is 2.06. The van der Waals surface area contributed by atoms with Gasteiger partial charge in [0, 0.05) is 11.8 Å². The maximum atomic E-state index is 12.7. The van der Waals surface area contributed by atoms with Gasteiger partial charge in [-0.15, -0.1) is 10.2 Å². The molecule has 0 aliphatic rings. The van der Waals surface area contributed by atoms with Crippen molar-refractivity contribution in [3.8, 4) is 11.8 Å². The molecular formula is C14H8FN3. The molecule has 0 N–H and O–H groups in total. The Kier molecular flexibility index (Phi) is 2.50. The molecule has 0 radical (unpaired) electrons. The molecule has 3 rings (SSSR count). The fourth-order valence-electron chi connectivity index (χ4n) is 1.62. The molecule has 0 bridgehead atoms. The van der Waals surface area contributed by atoms with Crippen LogP contribution in [0.4, 0.5) is 4.39 Å². The van der Waals surface area contributed by atoms with Crippen molar-refractivity contribution in [2.45, 2.75) is 0 Å². The van der Waals surface area contributed by atoms with Crippen LogP contribution in [0, 0.1) is 17.7 Å². The lowest BCUT2D eigenvalue weighted by atomic mass is 10.2. The number of aromatic nitrogens is 3. The van der Waals surface area contributed by atoms with Crippen molar-refractivity contribution >= 4 is 5.65 Å². The van der Waals surface area contributed by atoms with E-state index in [4.69, 9.17) is 0 Å². The van der Waals surface area contributed by atoms with Gasteiger partial charge in [0.2, 0.25) is 0 Å². The van der Waals surface area contributed by atoms with Crippen molar-refractivity contribution in [3.05, 3.63) is 65.9 Å². The van der Waals surface area contributed by atoms with Crippen LogP contribution in [0.1, 0.15) is 11.1 Å². The predicted octanol–water partition coefficient (Wildman–Crippen LogP) is 2.27. The van der Waals surface area contributed by atoms with Crippen LogP contribution in [0.3, 0.4) is 0 Å². The summed E-state index contributed by atoms with van der Waals surface area (Å²) in [6.45, 7) is 0. The average molecular weight is 237 g/mol. The zero-order chi connectivity index (χ0) is 12.4. The number of hydrogen-bond acceptors (Lipinski definition) is 2. The van der Waals surface area contributed by atoms with Gasteiger partial charge in [0.1, 0.15) is 12.1 Å². The first-order valence-corrected chi connectivity index (χ1v) is 5.39. The molecule has 0 unspecified atom stereocenters. The van der Waals surface area contributed by atoms with Gasteiger partial charge in [-0.25, -0.2) is 4.39 Å². The van der Waals surface area contributed by atoms with E-state index in [0.29, 0.717) is 5.65 Å². The van der Waals surface area contributed by atoms with E-state index in [2.05, 4.69) is 22.0 Å². The quantitative estimate of drug-likeness (QED) is 0.561. The van der Waals surface area contributed by atoms with E-state index >= 15 is 0 Å². The van der Waals surface area contributed by atoms with Gasteiger partial charge in [0.05, 0.1) is 5.56 Å². The summed E-state index contributed by atoms with van der Waals surface area (Å²) in [6.07, 6.45) is 3.48. The fourth-order valence-corrected chi connectivity index (χ4v) is 1.62. The summed E-state index contributed by atoms with van der Waals surface area (Å²) in [4.78, 5) is 0. The fraction of sp³-hybridized carbons (Fsp3) is 0. The van der Waals surface area contributed by atoms with E-state index in [1.165, 1.54) is 12.1 Å². The van der Waals surface area contributed by atoms with Crippen LogP contribution in [-0.4, -0.2) is 14.6 Å². The first-order valence-electron chi connectivity index (χ1n) is 5.39. The first-order chi connectivity index (χ1) is 8.83. The second-order valence-corrected chi connectivity index (χ2v) is 3.74. The Morgan fingerprint density at radius 1 is 1.06 bits per heavy atom. The van der Waals surface area contributed by atoms with E-state index in [0.717, 1.165) is 11.1 Å². The van der Waals surface area contributed by atoms with Crippen LogP contribution in [0.5, 0.6) is 0 Å². The average Bonchev–Trinajstić information content (AvgIpc) is 2.87. The molecule has 0 aliphatic heterocycles. The lowest BCUT2D eigenvalue weighted by Gasteiger charge is -1.93. The maximum absolute atomic E-state index is 12.7. The maximum Gasteiger partial charge on any atom is 0.176 e. The monoisotopic (exact) mass is 237 g/mol. The molecule has 2 heterocycles. The minimum Gasteiger partial charge on any atom is -0.288 e. The van der Waals surface area contributed by atoms with Gasteiger partial charge in [-0.05, 0) is 36.4 Å². The van der Waals surface area contributed by atoms with E-state index in [1.807, 2.05) is 18.3 Å². The molecule has 4 heteroatoms. The molecule has 1 aromatic carbocycles. The molecule has 0 fully saturated rings. The second-order valence-electron chi connectivity index (χ2n) is 3.74. The van der Waals surface area contributed by atoms with E-state index < -0.39 is 0 Å². The Morgan fingerprint density at radius 3 is 2.72 bits per heavy atom. The van der Waals surface area contributed by atoms with Gasteiger partial charge in [0.25, 0.3) is 0 Å². The SMILES string of the molecule is Fc1ccc(C#Cc2cccn3cnnc23)cc1. The zero-order valence-electron chi connectivity index (χ0n) is 9.34. The highest BCUT2D eigenvalue weighted by Gasteiger charge is 1.99. The summed E-state index contributed by atoms with van der Waals surface area (Å²) in [5.74, 6) is 5.72. The Morgan fingerprint density at radius 2 is 1.89 bits per heavy atom. The molecular weight excluding hydrogens is 229 g/mol. The normalized spacial score (nSPS) is 10.1. The molecule has 18 heavy (non-hydrogen) atoms. The van der Waals surface area contributed by atoms with Crippen molar-refractivity contribution in [1.29, 1.82) is 0 Å². The number of rotatable bonds is 0.